The molecule has 1 atom stereocenters. The molecular formula is C16H18N2O2S. The second-order valence-electron chi connectivity index (χ2n) is 5.17. The number of amides is 1. The van der Waals surface area contributed by atoms with E-state index in [2.05, 4.69) is 27.5 Å². The summed E-state index contributed by atoms with van der Waals surface area (Å²) >= 11 is 1.67. The van der Waals surface area contributed by atoms with Gasteiger partial charge in [-0.2, -0.15) is 11.3 Å². The summed E-state index contributed by atoms with van der Waals surface area (Å²) in [6, 6.07) is 7.78. The van der Waals surface area contributed by atoms with Crippen LogP contribution in [0, 0.1) is 0 Å². The van der Waals surface area contributed by atoms with E-state index in [9.17, 15) is 4.79 Å². The topological polar surface area (TPSA) is 50.4 Å². The van der Waals surface area contributed by atoms with Crippen molar-refractivity contribution in [2.24, 2.45) is 0 Å². The van der Waals surface area contributed by atoms with E-state index >= 15 is 0 Å². The van der Waals surface area contributed by atoms with Crippen molar-refractivity contribution in [3.8, 4) is 5.75 Å². The molecule has 0 aliphatic carbocycles. The first-order valence-electron chi connectivity index (χ1n) is 7.05. The third-order valence-corrected chi connectivity index (χ3v) is 4.16. The van der Waals surface area contributed by atoms with Gasteiger partial charge in [0.25, 0.3) is 5.91 Å². The number of hydrogen-bond donors (Lipinski definition) is 2. The lowest BCUT2D eigenvalue weighted by Crippen LogP contribution is -2.34. The molecule has 0 bridgehead atoms. The molecule has 110 valence electrons. The molecule has 0 saturated carbocycles. The highest BCUT2D eigenvalue weighted by atomic mass is 32.1. The predicted octanol–water partition coefficient (Wildman–Crippen LogP) is 2.91. The molecule has 3 rings (SSSR count). The first-order chi connectivity index (χ1) is 10.2. The number of carbonyl (C=O) groups excluding carboxylic acids is 1. The lowest BCUT2D eigenvalue weighted by molar-refractivity contribution is 0.0936. The molecule has 1 aromatic carbocycles. The normalized spacial score (nSPS) is 14.5. The third kappa shape index (κ3) is 3.19. The fourth-order valence-corrected chi connectivity index (χ4v) is 3.15. The number of rotatable bonds is 4. The van der Waals surface area contributed by atoms with E-state index in [4.69, 9.17) is 4.74 Å². The molecule has 1 amide bonds. The maximum absolute atomic E-state index is 12.4. The van der Waals surface area contributed by atoms with Crippen LogP contribution in [0.25, 0.3) is 0 Å². The molecule has 2 aromatic rings. The lowest BCUT2D eigenvalue weighted by Gasteiger charge is -2.22. The van der Waals surface area contributed by atoms with E-state index in [1.807, 2.05) is 19.1 Å². The van der Waals surface area contributed by atoms with Crippen molar-refractivity contribution < 1.29 is 9.53 Å². The Bertz CT molecular complexity index is 625. The Morgan fingerprint density at radius 3 is 3.19 bits per heavy atom. The van der Waals surface area contributed by atoms with Crippen LogP contribution in [0.15, 0.2) is 35.0 Å². The molecule has 1 aliphatic rings. The zero-order valence-electron chi connectivity index (χ0n) is 11.9. The second-order valence-corrected chi connectivity index (χ2v) is 5.95. The van der Waals surface area contributed by atoms with Crippen LogP contribution in [0.3, 0.4) is 0 Å². The van der Waals surface area contributed by atoms with E-state index < -0.39 is 0 Å². The standard InChI is InChI=1S/C16H18N2O2S/c1-11(9-12-5-8-21-10-12)18-16(19)13-3-2-4-14-15(13)20-7-6-17-14/h2-5,8,10-11,17H,6-7,9H2,1H3,(H,18,19). The van der Waals surface area contributed by atoms with Gasteiger partial charge in [0, 0.05) is 12.6 Å². The van der Waals surface area contributed by atoms with Crippen molar-refractivity contribution in [2.45, 2.75) is 19.4 Å². The Balaban J connectivity index is 1.70. The zero-order valence-corrected chi connectivity index (χ0v) is 12.7. The van der Waals surface area contributed by atoms with Crippen LogP contribution in [0.1, 0.15) is 22.8 Å². The number of benzene rings is 1. The highest BCUT2D eigenvalue weighted by molar-refractivity contribution is 7.07. The van der Waals surface area contributed by atoms with E-state index in [0.29, 0.717) is 17.9 Å². The number of hydrogen-bond acceptors (Lipinski definition) is 4. The molecule has 1 aromatic heterocycles. The molecule has 4 nitrogen and oxygen atoms in total. The number of para-hydroxylation sites is 1. The van der Waals surface area contributed by atoms with E-state index in [0.717, 1.165) is 18.7 Å². The van der Waals surface area contributed by atoms with Crippen molar-refractivity contribution in [2.75, 3.05) is 18.5 Å². The van der Waals surface area contributed by atoms with Gasteiger partial charge in [-0.3, -0.25) is 4.79 Å². The van der Waals surface area contributed by atoms with Crippen LogP contribution in [0.5, 0.6) is 5.75 Å². The predicted molar refractivity (Wildman–Crippen MR) is 85.4 cm³/mol. The van der Waals surface area contributed by atoms with Crippen molar-refractivity contribution in [1.82, 2.24) is 5.32 Å². The van der Waals surface area contributed by atoms with Crippen molar-refractivity contribution >= 4 is 22.9 Å². The second kappa shape index (κ2) is 6.18. The van der Waals surface area contributed by atoms with Gasteiger partial charge in [-0.1, -0.05) is 6.07 Å². The largest absolute Gasteiger partial charge is 0.489 e. The highest BCUT2D eigenvalue weighted by Gasteiger charge is 2.20. The van der Waals surface area contributed by atoms with Crippen LogP contribution in [-0.4, -0.2) is 25.1 Å². The van der Waals surface area contributed by atoms with Crippen molar-refractivity contribution in [3.05, 3.63) is 46.2 Å². The van der Waals surface area contributed by atoms with Crippen LogP contribution in [0.2, 0.25) is 0 Å². The minimum absolute atomic E-state index is 0.0829. The summed E-state index contributed by atoms with van der Waals surface area (Å²) in [5.41, 5.74) is 2.73. The molecule has 2 heterocycles. The molecule has 0 radical (unpaired) electrons. The maximum Gasteiger partial charge on any atom is 0.255 e. The molecule has 0 spiro atoms. The van der Waals surface area contributed by atoms with Gasteiger partial charge in [0.1, 0.15) is 6.61 Å². The Morgan fingerprint density at radius 1 is 1.48 bits per heavy atom. The minimum atomic E-state index is -0.0849. The number of anilines is 1. The fraction of sp³-hybridized carbons (Fsp3) is 0.312. The molecule has 5 heteroatoms. The summed E-state index contributed by atoms with van der Waals surface area (Å²) < 4.78 is 5.64. The first kappa shape index (κ1) is 13.9. The van der Waals surface area contributed by atoms with Crippen LogP contribution < -0.4 is 15.4 Å². The summed E-state index contributed by atoms with van der Waals surface area (Å²) in [6.45, 7) is 3.37. The molecule has 21 heavy (non-hydrogen) atoms. The van der Waals surface area contributed by atoms with Gasteiger partial charge in [0.05, 0.1) is 11.3 Å². The molecular weight excluding hydrogens is 284 g/mol. The van der Waals surface area contributed by atoms with Crippen molar-refractivity contribution in [3.63, 3.8) is 0 Å². The Labute approximate surface area is 128 Å². The fourth-order valence-electron chi connectivity index (χ4n) is 2.46. The monoisotopic (exact) mass is 302 g/mol. The number of ether oxygens (including phenoxy) is 1. The van der Waals surface area contributed by atoms with Crippen molar-refractivity contribution in [1.29, 1.82) is 0 Å². The molecule has 0 fully saturated rings. The summed E-state index contributed by atoms with van der Waals surface area (Å²) in [4.78, 5) is 12.4. The van der Waals surface area contributed by atoms with Gasteiger partial charge in [0.15, 0.2) is 5.75 Å². The molecule has 1 unspecified atom stereocenters. The molecule has 0 saturated heterocycles. The number of nitrogens with one attached hydrogen (secondary N) is 2. The number of carbonyl (C=O) groups is 1. The quantitative estimate of drug-likeness (QED) is 0.913. The van der Waals surface area contributed by atoms with Gasteiger partial charge in [-0.05, 0) is 47.9 Å². The Morgan fingerprint density at radius 2 is 2.38 bits per heavy atom. The Kier molecular flexibility index (Phi) is 4.10. The van der Waals surface area contributed by atoms with Gasteiger partial charge in [-0.25, -0.2) is 0 Å². The first-order valence-corrected chi connectivity index (χ1v) is 8.00. The minimum Gasteiger partial charge on any atom is -0.489 e. The van der Waals surface area contributed by atoms with Gasteiger partial charge >= 0.3 is 0 Å². The smallest absolute Gasteiger partial charge is 0.255 e. The molecule has 1 aliphatic heterocycles. The van der Waals surface area contributed by atoms with Gasteiger partial charge in [0.2, 0.25) is 0 Å². The third-order valence-electron chi connectivity index (χ3n) is 3.42. The van der Waals surface area contributed by atoms with E-state index in [-0.39, 0.29) is 11.9 Å². The zero-order chi connectivity index (χ0) is 14.7. The van der Waals surface area contributed by atoms with E-state index in [1.54, 1.807) is 17.4 Å². The lowest BCUT2D eigenvalue weighted by atomic mass is 10.1. The van der Waals surface area contributed by atoms with Crippen LogP contribution in [-0.2, 0) is 6.42 Å². The summed E-state index contributed by atoms with van der Waals surface area (Å²) in [6.07, 6.45) is 0.837. The SMILES string of the molecule is CC(Cc1ccsc1)NC(=O)c1cccc2c1OCCN2. The summed E-state index contributed by atoms with van der Waals surface area (Å²) in [5.74, 6) is 0.572. The average Bonchev–Trinajstić information content (AvgIpc) is 2.99. The van der Waals surface area contributed by atoms with Crippen LogP contribution in [0.4, 0.5) is 5.69 Å². The number of fused-ring (bicyclic) bond motifs is 1. The van der Waals surface area contributed by atoms with Gasteiger partial charge < -0.3 is 15.4 Å². The average molecular weight is 302 g/mol. The van der Waals surface area contributed by atoms with E-state index in [1.165, 1.54) is 5.56 Å². The summed E-state index contributed by atoms with van der Waals surface area (Å²) in [7, 11) is 0. The van der Waals surface area contributed by atoms with Crippen LogP contribution >= 0.6 is 11.3 Å². The Hall–Kier alpha value is -2.01. The summed E-state index contributed by atoms with van der Waals surface area (Å²) in [5, 5.41) is 10.5. The van der Waals surface area contributed by atoms with Gasteiger partial charge in [-0.15, -0.1) is 0 Å². The number of thiophene rings is 1. The maximum atomic E-state index is 12.4. The highest BCUT2D eigenvalue weighted by Crippen LogP contribution is 2.31. The molecule has 2 N–H and O–H groups in total.